The minimum atomic E-state index is 0.559. The molecule has 0 aromatic carbocycles. The molecule has 0 aliphatic carbocycles. The first-order valence-corrected chi connectivity index (χ1v) is 5.68. The predicted molar refractivity (Wildman–Crippen MR) is 59.2 cm³/mol. The largest absolute Gasteiger partial charge is 0.249 e. The highest BCUT2D eigenvalue weighted by molar-refractivity contribution is 6.17. The van der Waals surface area contributed by atoms with E-state index < -0.39 is 0 Å². The van der Waals surface area contributed by atoms with Crippen LogP contribution in [0.1, 0.15) is 18.4 Å². The van der Waals surface area contributed by atoms with Crippen molar-refractivity contribution in [3.05, 3.63) is 24.0 Å². The lowest BCUT2D eigenvalue weighted by atomic mass is 10.4. The average molecular weight is 241 g/mol. The monoisotopic (exact) mass is 240 g/mol. The molecule has 2 aromatic rings. The van der Waals surface area contributed by atoms with Crippen molar-refractivity contribution >= 4 is 11.6 Å². The Morgan fingerprint density at radius 1 is 1.44 bits per heavy atom. The van der Waals surface area contributed by atoms with Gasteiger partial charge in [-0.05, 0) is 6.92 Å². The van der Waals surface area contributed by atoms with Crippen molar-refractivity contribution in [2.45, 2.75) is 26.4 Å². The summed E-state index contributed by atoms with van der Waals surface area (Å²) in [4.78, 5) is 4.17. The minimum Gasteiger partial charge on any atom is -0.249 e. The molecule has 0 atom stereocenters. The lowest BCUT2D eigenvalue weighted by Gasteiger charge is -2.01. The first kappa shape index (κ1) is 11.1. The third-order valence-electron chi connectivity index (χ3n) is 2.24. The summed E-state index contributed by atoms with van der Waals surface area (Å²) in [6, 6.07) is 0. The minimum absolute atomic E-state index is 0.559. The summed E-state index contributed by atoms with van der Waals surface area (Å²) in [5, 5.41) is 12.1. The van der Waals surface area contributed by atoms with Gasteiger partial charge in [0, 0.05) is 25.0 Å². The van der Waals surface area contributed by atoms with E-state index in [9.17, 15) is 0 Å². The number of rotatable bonds is 5. The molecule has 2 heterocycles. The Hall–Kier alpha value is -1.43. The molecule has 0 saturated heterocycles. The molecule has 0 radical (unpaired) electrons. The molecule has 0 fully saturated rings. The number of aryl methyl sites for hydroxylation is 2. The van der Waals surface area contributed by atoms with E-state index in [1.807, 2.05) is 17.8 Å². The second-order valence-corrected chi connectivity index (χ2v) is 3.72. The van der Waals surface area contributed by atoms with Crippen LogP contribution in [0.15, 0.2) is 12.5 Å². The van der Waals surface area contributed by atoms with E-state index in [1.54, 1.807) is 11.0 Å². The van der Waals surface area contributed by atoms with E-state index in [0.717, 1.165) is 24.5 Å². The van der Waals surface area contributed by atoms with Crippen LogP contribution in [0.3, 0.4) is 0 Å². The highest BCUT2D eigenvalue weighted by Crippen LogP contribution is 2.00. The number of aromatic nitrogens is 6. The van der Waals surface area contributed by atoms with Gasteiger partial charge in [-0.15, -0.1) is 16.7 Å². The Labute approximate surface area is 98.2 Å². The van der Waals surface area contributed by atoms with Crippen LogP contribution in [-0.4, -0.2) is 35.6 Å². The van der Waals surface area contributed by atoms with Crippen LogP contribution < -0.4 is 0 Å². The summed E-state index contributed by atoms with van der Waals surface area (Å²) >= 11 is 5.63. The molecule has 2 aromatic heterocycles. The molecular weight excluding hydrogens is 228 g/mol. The molecule has 6 nitrogen and oxygen atoms in total. The van der Waals surface area contributed by atoms with Crippen molar-refractivity contribution in [1.82, 2.24) is 29.8 Å². The number of hydrogen-bond donors (Lipinski definition) is 0. The zero-order valence-electron chi connectivity index (χ0n) is 9.04. The van der Waals surface area contributed by atoms with Crippen molar-refractivity contribution in [2.24, 2.45) is 0 Å². The number of nitrogens with zero attached hydrogens (tertiary/aromatic N) is 6. The Morgan fingerprint density at radius 3 is 3.06 bits per heavy atom. The first-order valence-electron chi connectivity index (χ1n) is 5.15. The summed E-state index contributed by atoms with van der Waals surface area (Å²) in [5.41, 5.74) is 0.901. The van der Waals surface area contributed by atoms with Crippen LogP contribution in [0.2, 0.25) is 0 Å². The lowest BCUT2D eigenvalue weighted by Crippen LogP contribution is -2.09. The van der Waals surface area contributed by atoms with Crippen LogP contribution in [0.4, 0.5) is 0 Å². The van der Waals surface area contributed by atoms with Gasteiger partial charge in [0.2, 0.25) is 0 Å². The molecule has 16 heavy (non-hydrogen) atoms. The van der Waals surface area contributed by atoms with Crippen LogP contribution in [0.5, 0.6) is 0 Å². The maximum absolute atomic E-state index is 5.63. The second kappa shape index (κ2) is 5.07. The molecule has 86 valence electrons. The van der Waals surface area contributed by atoms with E-state index in [-0.39, 0.29) is 0 Å². The molecular formula is C9H13ClN6. The second-order valence-electron chi connectivity index (χ2n) is 3.34. The van der Waals surface area contributed by atoms with Crippen molar-refractivity contribution in [2.75, 3.05) is 5.88 Å². The van der Waals surface area contributed by atoms with Gasteiger partial charge in [0.05, 0.1) is 5.69 Å². The fraction of sp³-hybridized carbons (Fsp3) is 0.556. The number of alkyl halides is 1. The summed E-state index contributed by atoms with van der Waals surface area (Å²) < 4.78 is 3.58. The van der Waals surface area contributed by atoms with Gasteiger partial charge < -0.3 is 0 Å². The lowest BCUT2D eigenvalue weighted by molar-refractivity contribution is 0.557. The van der Waals surface area contributed by atoms with Gasteiger partial charge in [-0.3, -0.25) is 0 Å². The number of hydrogen-bond acceptors (Lipinski definition) is 4. The predicted octanol–water partition coefficient (Wildman–Crippen LogP) is 0.719. The van der Waals surface area contributed by atoms with E-state index >= 15 is 0 Å². The summed E-state index contributed by atoms with van der Waals surface area (Å²) in [6.07, 6.45) is 4.18. The van der Waals surface area contributed by atoms with Crippen molar-refractivity contribution in [3.63, 3.8) is 0 Å². The van der Waals surface area contributed by atoms with E-state index in [0.29, 0.717) is 12.4 Å². The summed E-state index contributed by atoms with van der Waals surface area (Å²) in [5.74, 6) is 1.44. The standard InChI is InChI=1S/C9H13ClN6/c1-2-16-9(11-7-12-16)6-15-5-8(3-4-10)13-14-15/h5,7H,2-4,6H2,1H3. The Morgan fingerprint density at radius 2 is 2.31 bits per heavy atom. The maximum atomic E-state index is 5.63. The molecule has 0 bridgehead atoms. The fourth-order valence-corrected chi connectivity index (χ4v) is 1.64. The smallest absolute Gasteiger partial charge is 0.148 e. The first-order chi connectivity index (χ1) is 7.83. The van der Waals surface area contributed by atoms with Crippen LogP contribution >= 0.6 is 11.6 Å². The molecule has 0 spiro atoms. The van der Waals surface area contributed by atoms with Gasteiger partial charge in [0.1, 0.15) is 18.7 Å². The van der Waals surface area contributed by atoms with Crippen molar-refractivity contribution < 1.29 is 0 Å². The Kier molecular flexibility index (Phi) is 3.51. The quantitative estimate of drug-likeness (QED) is 0.723. The van der Waals surface area contributed by atoms with Crippen molar-refractivity contribution in [3.8, 4) is 0 Å². The highest BCUT2D eigenvalue weighted by Gasteiger charge is 2.05. The van der Waals surface area contributed by atoms with Gasteiger partial charge in [-0.2, -0.15) is 5.10 Å². The molecule has 2 rings (SSSR count). The molecule has 0 aliphatic rings. The Bertz CT molecular complexity index is 448. The van der Waals surface area contributed by atoms with E-state index in [2.05, 4.69) is 20.4 Å². The van der Waals surface area contributed by atoms with Gasteiger partial charge in [0.15, 0.2) is 0 Å². The molecule has 0 unspecified atom stereocenters. The normalized spacial score (nSPS) is 10.9. The SMILES string of the molecule is CCn1ncnc1Cn1cc(CCCl)nn1. The molecule has 0 aliphatic heterocycles. The van der Waals surface area contributed by atoms with Crippen LogP contribution in [0, 0.1) is 0 Å². The van der Waals surface area contributed by atoms with Crippen LogP contribution in [-0.2, 0) is 19.5 Å². The van der Waals surface area contributed by atoms with Gasteiger partial charge in [0.25, 0.3) is 0 Å². The Balaban J connectivity index is 2.08. The van der Waals surface area contributed by atoms with Crippen LogP contribution in [0.25, 0.3) is 0 Å². The third-order valence-corrected chi connectivity index (χ3v) is 2.42. The molecule has 0 saturated carbocycles. The topological polar surface area (TPSA) is 61.4 Å². The third kappa shape index (κ3) is 2.38. The molecule has 0 amide bonds. The van der Waals surface area contributed by atoms with E-state index in [4.69, 9.17) is 11.6 Å². The fourth-order valence-electron chi connectivity index (χ4n) is 1.45. The van der Waals surface area contributed by atoms with Gasteiger partial charge >= 0.3 is 0 Å². The van der Waals surface area contributed by atoms with E-state index in [1.165, 1.54) is 0 Å². The summed E-state index contributed by atoms with van der Waals surface area (Å²) in [7, 11) is 0. The average Bonchev–Trinajstić information content (AvgIpc) is 2.89. The highest BCUT2D eigenvalue weighted by atomic mass is 35.5. The maximum Gasteiger partial charge on any atom is 0.148 e. The summed E-state index contributed by atoms with van der Waals surface area (Å²) in [6.45, 7) is 3.42. The number of halogens is 1. The molecule has 0 N–H and O–H groups in total. The zero-order chi connectivity index (χ0) is 11.4. The van der Waals surface area contributed by atoms with Gasteiger partial charge in [-0.25, -0.2) is 14.3 Å². The molecule has 7 heteroatoms. The van der Waals surface area contributed by atoms with Gasteiger partial charge in [-0.1, -0.05) is 5.21 Å². The zero-order valence-corrected chi connectivity index (χ0v) is 9.80. The van der Waals surface area contributed by atoms with Crippen molar-refractivity contribution in [1.29, 1.82) is 0 Å².